The highest BCUT2D eigenvalue weighted by Gasteiger charge is 2.32. The minimum atomic E-state index is -4.74. The van der Waals surface area contributed by atoms with E-state index in [2.05, 4.69) is 10.1 Å². The normalized spacial score (nSPS) is 12.6. The lowest BCUT2D eigenvalue weighted by molar-refractivity contribution is -0.137. The summed E-state index contributed by atoms with van der Waals surface area (Å²) in [7, 11) is 0. The number of hydrogen-bond acceptors (Lipinski definition) is 7. The van der Waals surface area contributed by atoms with Gasteiger partial charge in [-0.05, 0) is 55.0 Å². The first-order valence-electron chi connectivity index (χ1n) is 10.8. The van der Waals surface area contributed by atoms with Gasteiger partial charge in [0.2, 0.25) is 5.82 Å². The van der Waals surface area contributed by atoms with Crippen LogP contribution < -0.4 is 10.2 Å². The molecule has 0 radical (unpaired) electrons. The van der Waals surface area contributed by atoms with Gasteiger partial charge in [-0.1, -0.05) is 17.3 Å². The van der Waals surface area contributed by atoms with Crippen LogP contribution >= 0.6 is 0 Å². The van der Waals surface area contributed by atoms with Crippen molar-refractivity contribution >= 4 is 11.0 Å². The highest BCUT2D eigenvalue weighted by molar-refractivity contribution is 5.82. The molecule has 3 aromatic carbocycles. The third-order valence-electron chi connectivity index (χ3n) is 5.51. The number of phenolic OH excluding ortho intramolecular Hbond substituents is 1. The number of rotatable bonds is 5. The number of aromatic hydroxyl groups is 1. The first-order valence-corrected chi connectivity index (χ1v) is 10.8. The van der Waals surface area contributed by atoms with Gasteiger partial charge in [-0.3, -0.25) is 4.79 Å². The average molecular weight is 512 g/mol. The standard InChI is InChI=1S/C26H16F4N2O5/c1-13(24-31-25(37-32-24)15-8-16(26(28,29)30)10-17(27)9-15)36-19-6-7-20-22(11-19)35-12-21(23(20)34)14-2-4-18(33)5-3-14/h2-13,33H,1H3. The Morgan fingerprint density at radius 2 is 1.76 bits per heavy atom. The summed E-state index contributed by atoms with van der Waals surface area (Å²) in [4.78, 5) is 17.0. The van der Waals surface area contributed by atoms with E-state index in [9.17, 15) is 27.5 Å². The largest absolute Gasteiger partial charge is 0.508 e. The van der Waals surface area contributed by atoms with Crippen molar-refractivity contribution < 1.29 is 36.3 Å². The van der Waals surface area contributed by atoms with Gasteiger partial charge in [0.15, 0.2) is 11.5 Å². The van der Waals surface area contributed by atoms with E-state index in [0.29, 0.717) is 34.4 Å². The van der Waals surface area contributed by atoms with Crippen molar-refractivity contribution in [1.29, 1.82) is 0 Å². The van der Waals surface area contributed by atoms with E-state index >= 15 is 0 Å². The maximum atomic E-state index is 13.7. The van der Waals surface area contributed by atoms with E-state index < -0.39 is 23.7 Å². The topological polar surface area (TPSA) is 98.6 Å². The number of nitrogens with zero attached hydrogens (tertiary/aromatic N) is 2. The zero-order valence-electron chi connectivity index (χ0n) is 18.9. The van der Waals surface area contributed by atoms with Crippen LogP contribution in [0.25, 0.3) is 33.6 Å². The lowest BCUT2D eigenvalue weighted by atomic mass is 10.1. The number of benzene rings is 3. The Labute approximate surface area is 205 Å². The average Bonchev–Trinajstić information content (AvgIpc) is 3.35. The van der Waals surface area contributed by atoms with Crippen molar-refractivity contribution in [3.63, 3.8) is 0 Å². The number of alkyl halides is 3. The number of ether oxygens (including phenoxy) is 1. The first kappa shape index (κ1) is 24.0. The molecule has 0 aliphatic carbocycles. The Bertz CT molecular complexity index is 1660. The lowest BCUT2D eigenvalue weighted by Crippen LogP contribution is -2.07. The number of halogens is 4. The summed E-state index contributed by atoms with van der Waals surface area (Å²) in [5.41, 5.74) is -0.531. The molecule has 2 aromatic heterocycles. The monoisotopic (exact) mass is 512 g/mol. The number of phenols is 1. The van der Waals surface area contributed by atoms with Crippen LogP contribution in [0.3, 0.4) is 0 Å². The van der Waals surface area contributed by atoms with Crippen LogP contribution in [-0.2, 0) is 6.18 Å². The second-order valence-electron chi connectivity index (χ2n) is 8.13. The molecule has 7 nitrogen and oxygen atoms in total. The van der Waals surface area contributed by atoms with E-state index in [1.807, 2.05) is 0 Å². The van der Waals surface area contributed by atoms with Gasteiger partial charge >= 0.3 is 6.18 Å². The summed E-state index contributed by atoms with van der Waals surface area (Å²) in [5, 5.41) is 13.5. The number of fused-ring (bicyclic) bond motifs is 1. The molecule has 1 unspecified atom stereocenters. The van der Waals surface area contributed by atoms with Crippen molar-refractivity contribution in [2.24, 2.45) is 0 Å². The van der Waals surface area contributed by atoms with Crippen LogP contribution in [0.1, 0.15) is 24.4 Å². The third-order valence-corrected chi connectivity index (χ3v) is 5.51. The molecule has 5 aromatic rings. The molecule has 0 saturated heterocycles. The van der Waals surface area contributed by atoms with Gasteiger partial charge < -0.3 is 18.8 Å². The molecule has 5 rings (SSSR count). The highest BCUT2D eigenvalue weighted by atomic mass is 19.4. The smallest absolute Gasteiger partial charge is 0.416 e. The molecule has 188 valence electrons. The second-order valence-corrected chi connectivity index (χ2v) is 8.13. The second kappa shape index (κ2) is 9.08. The Hall–Kier alpha value is -4.67. The first-order chi connectivity index (χ1) is 17.6. The van der Waals surface area contributed by atoms with Crippen molar-refractivity contribution in [3.8, 4) is 34.1 Å². The molecule has 2 heterocycles. The molecule has 0 saturated carbocycles. The number of hydrogen-bond donors (Lipinski definition) is 1. The molecular weight excluding hydrogens is 496 g/mol. The summed E-state index contributed by atoms with van der Waals surface area (Å²) in [5.74, 6) is -1.02. The van der Waals surface area contributed by atoms with E-state index in [0.717, 1.165) is 6.07 Å². The van der Waals surface area contributed by atoms with Gasteiger partial charge in [0, 0.05) is 11.6 Å². The Morgan fingerprint density at radius 3 is 2.49 bits per heavy atom. The molecule has 0 aliphatic heterocycles. The maximum absolute atomic E-state index is 13.7. The SMILES string of the molecule is CC(Oc1ccc2c(=O)c(-c3ccc(O)cc3)coc2c1)c1noc(-c2cc(F)cc(C(F)(F)F)c2)n1. The fourth-order valence-electron chi connectivity index (χ4n) is 3.67. The lowest BCUT2D eigenvalue weighted by Gasteiger charge is -2.11. The summed E-state index contributed by atoms with van der Waals surface area (Å²) >= 11 is 0. The van der Waals surface area contributed by atoms with Crippen molar-refractivity contribution in [2.75, 3.05) is 0 Å². The fourth-order valence-corrected chi connectivity index (χ4v) is 3.67. The van der Waals surface area contributed by atoms with Crippen molar-refractivity contribution in [1.82, 2.24) is 10.1 Å². The van der Waals surface area contributed by atoms with E-state index in [1.54, 1.807) is 25.1 Å². The van der Waals surface area contributed by atoms with Crippen LogP contribution in [0.15, 0.2) is 80.7 Å². The van der Waals surface area contributed by atoms with Gasteiger partial charge in [-0.2, -0.15) is 18.2 Å². The molecule has 0 amide bonds. The molecule has 0 fully saturated rings. The van der Waals surface area contributed by atoms with Gasteiger partial charge in [0.05, 0.1) is 16.5 Å². The van der Waals surface area contributed by atoms with Crippen LogP contribution in [0.4, 0.5) is 17.6 Å². The maximum Gasteiger partial charge on any atom is 0.416 e. The third kappa shape index (κ3) is 4.88. The Kier molecular flexibility index (Phi) is 5.90. The minimum Gasteiger partial charge on any atom is -0.508 e. The molecule has 37 heavy (non-hydrogen) atoms. The minimum absolute atomic E-state index is 0.0112. The Balaban J connectivity index is 1.38. The summed E-state index contributed by atoms with van der Waals surface area (Å²) in [6, 6.07) is 12.6. The zero-order chi connectivity index (χ0) is 26.3. The molecule has 1 N–H and O–H groups in total. The molecular formula is C26H16F4N2O5. The molecule has 0 spiro atoms. The van der Waals surface area contributed by atoms with Crippen LogP contribution in [-0.4, -0.2) is 15.2 Å². The predicted octanol–water partition coefficient (Wildman–Crippen LogP) is 6.51. The summed E-state index contributed by atoms with van der Waals surface area (Å²) in [6.45, 7) is 1.58. The van der Waals surface area contributed by atoms with Gasteiger partial charge in [0.25, 0.3) is 5.89 Å². The van der Waals surface area contributed by atoms with E-state index in [-0.39, 0.29) is 34.0 Å². The molecule has 0 bridgehead atoms. The fraction of sp³-hybridized carbons (Fsp3) is 0.115. The molecule has 11 heteroatoms. The number of aromatic nitrogens is 2. The highest BCUT2D eigenvalue weighted by Crippen LogP contribution is 2.33. The van der Waals surface area contributed by atoms with Crippen LogP contribution in [0, 0.1) is 5.82 Å². The van der Waals surface area contributed by atoms with E-state index in [4.69, 9.17) is 13.7 Å². The van der Waals surface area contributed by atoms with Crippen LogP contribution in [0.5, 0.6) is 11.5 Å². The van der Waals surface area contributed by atoms with Gasteiger partial charge in [-0.25, -0.2) is 4.39 Å². The van der Waals surface area contributed by atoms with Crippen molar-refractivity contribution in [3.05, 3.63) is 94.4 Å². The predicted molar refractivity (Wildman–Crippen MR) is 123 cm³/mol. The van der Waals surface area contributed by atoms with Crippen LogP contribution in [0.2, 0.25) is 0 Å². The molecule has 0 aliphatic rings. The quantitative estimate of drug-likeness (QED) is 0.268. The molecule has 1 atom stereocenters. The van der Waals surface area contributed by atoms with Crippen molar-refractivity contribution in [2.45, 2.75) is 19.2 Å². The zero-order valence-corrected chi connectivity index (χ0v) is 18.9. The van der Waals surface area contributed by atoms with Gasteiger partial charge in [0.1, 0.15) is 29.2 Å². The van der Waals surface area contributed by atoms with Gasteiger partial charge in [-0.15, -0.1) is 0 Å². The van der Waals surface area contributed by atoms with E-state index in [1.165, 1.54) is 30.5 Å². The summed E-state index contributed by atoms with van der Waals surface area (Å²) < 4.78 is 69.2. The Morgan fingerprint density at radius 1 is 1.00 bits per heavy atom. The summed E-state index contributed by atoms with van der Waals surface area (Å²) in [6.07, 6.45) is -4.25.